The minimum atomic E-state index is -0.858. The predicted molar refractivity (Wildman–Crippen MR) is 135 cm³/mol. The summed E-state index contributed by atoms with van der Waals surface area (Å²) in [5, 5.41) is 14.9. The first-order valence-corrected chi connectivity index (χ1v) is 12.0. The van der Waals surface area contributed by atoms with Crippen LogP contribution >= 0.6 is 11.6 Å². The van der Waals surface area contributed by atoms with E-state index in [4.69, 9.17) is 26.0 Å². The summed E-state index contributed by atoms with van der Waals surface area (Å²) in [6.07, 6.45) is 4.43. The van der Waals surface area contributed by atoms with Crippen molar-refractivity contribution in [1.82, 2.24) is 5.16 Å². The smallest absolute Gasteiger partial charge is 0.307 e. The van der Waals surface area contributed by atoms with Gasteiger partial charge in [0.25, 0.3) is 0 Å². The largest absolute Gasteiger partial charge is 0.493 e. The van der Waals surface area contributed by atoms with Gasteiger partial charge in [-0.2, -0.15) is 0 Å². The molecule has 1 heterocycles. The molecule has 34 heavy (non-hydrogen) atoms. The number of carbonyl (C=O) groups is 1. The van der Waals surface area contributed by atoms with E-state index in [1.165, 1.54) is 0 Å². The van der Waals surface area contributed by atoms with Crippen LogP contribution in [0.25, 0.3) is 22.2 Å². The van der Waals surface area contributed by atoms with Gasteiger partial charge >= 0.3 is 5.97 Å². The number of hydrogen-bond acceptors (Lipinski definition) is 4. The average Bonchev–Trinajstić information content (AvgIpc) is 3.26. The molecule has 4 aromatic rings. The van der Waals surface area contributed by atoms with Gasteiger partial charge < -0.3 is 14.4 Å². The van der Waals surface area contributed by atoms with Crippen LogP contribution in [0.1, 0.15) is 42.9 Å². The fraction of sp³-hybridized carbons (Fsp3) is 0.286. The molecule has 0 bridgehead atoms. The second kappa shape index (κ2) is 11.2. The third-order valence-electron chi connectivity index (χ3n) is 5.82. The molecule has 4 rings (SSSR count). The second-order valence-corrected chi connectivity index (χ2v) is 8.78. The van der Waals surface area contributed by atoms with E-state index in [-0.39, 0.29) is 6.42 Å². The monoisotopic (exact) mass is 477 g/mol. The van der Waals surface area contributed by atoms with Crippen molar-refractivity contribution in [1.29, 1.82) is 0 Å². The molecule has 0 aliphatic carbocycles. The number of halogens is 1. The molecule has 0 radical (unpaired) electrons. The number of aryl methyl sites for hydroxylation is 2. The Bertz CT molecular complexity index is 1270. The van der Waals surface area contributed by atoms with Gasteiger partial charge in [-0.05, 0) is 55.0 Å². The molecule has 0 saturated carbocycles. The molecule has 0 aliphatic rings. The number of hydrogen-bond donors (Lipinski definition) is 1. The van der Waals surface area contributed by atoms with Crippen LogP contribution in [0, 0.1) is 0 Å². The maximum atomic E-state index is 10.9. The fourth-order valence-corrected chi connectivity index (χ4v) is 4.44. The molecule has 0 unspecified atom stereocenters. The van der Waals surface area contributed by atoms with Gasteiger partial charge in [-0.3, -0.25) is 4.79 Å². The number of aliphatic carboxylic acids is 1. The maximum Gasteiger partial charge on any atom is 0.307 e. The molecule has 176 valence electrons. The molecule has 6 heteroatoms. The summed E-state index contributed by atoms with van der Waals surface area (Å²) in [5.74, 6) is -0.00983. The van der Waals surface area contributed by atoms with Gasteiger partial charge in [0.15, 0.2) is 5.58 Å². The molecule has 1 N–H and O–H groups in total. The highest BCUT2D eigenvalue weighted by molar-refractivity contribution is 6.31. The van der Waals surface area contributed by atoms with Crippen LogP contribution in [0.4, 0.5) is 0 Å². The van der Waals surface area contributed by atoms with Gasteiger partial charge in [0.1, 0.15) is 11.4 Å². The van der Waals surface area contributed by atoms with Crippen LogP contribution < -0.4 is 4.74 Å². The number of ether oxygens (including phenoxy) is 1. The Labute approximate surface area is 204 Å². The van der Waals surface area contributed by atoms with Crippen molar-refractivity contribution in [2.45, 2.75) is 45.4 Å². The Hall–Kier alpha value is -3.31. The standard InChI is InChI=1S/C28H28ClNO4/c1-2-8-22-25(15-14-23-27(30-34-28(22)23)21-10-4-3-5-11-21)33-16-7-6-9-20-13-12-19(17-24(20)29)18-26(31)32/h3-5,10-15,17H,2,6-9,16,18H2,1H3,(H,31,32). The summed E-state index contributed by atoms with van der Waals surface area (Å²) in [6.45, 7) is 2.74. The molecule has 0 spiro atoms. The number of nitrogens with zero attached hydrogens (tertiary/aromatic N) is 1. The van der Waals surface area contributed by atoms with Gasteiger partial charge in [-0.25, -0.2) is 0 Å². The average molecular weight is 478 g/mol. The topological polar surface area (TPSA) is 72.6 Å². The van der Waals surface area contributed by atoms with Crippen molar-refractivity contribution in [3.63, 3.8) is 0 Å². The van der Waals surface area contributed by atoms with Gasteiger partial charge in [-0.1, -0.05) is 72.6 Å². The van der Waals surface area contributed by atoms with Crippen molar-refractivity contribution in [3.05, 3.63) is 82.4 Å². The van der Waals surface area contributed by atoms with Gasteiger partial charge in [0.2, 0.25) is 0 Å². The van der Waals surface area contributed by atoms with E-state index >= 15 is 0 Å². The van der Waals surface area contributed by atoms with E-state index < -0.39 is 5.97 Å². The van der Waals surface area contributed by atoms with Crippen LogP contribution in [-0.4, -0.2) is 22.8 Å². The SMILES string of the molecule is CCCc1c(OCCCCc2ccc(CC(=O)O)cc2Cl)ccc2c(-c3ccccc3)noc12. The molecule has 3 aromatic carbocycles. The van der Waals surface area contributed by atoms with Crippen LogP contribution in [-0.2, 0) is 24.1 Å². The van der Waals surface area contributed by atoms with E-state index in [2.05, 4.69) is 12.1 Å². The Morgan fingerprint density at radius 1 is 1.06 bits per heavy atom. The first kappa shape index (κ1) is 23.8. The van der Waals surface area contributed by atoms with Crippen molar-refractivity contribution >= 4 is 28.5 Å². The Kier molecular flexibility index (Phi) is 7.86. The van der Waals surface area contributed by atoms with Crippen molar-refractivity contribution in [3.8, 4) is 17.0 Å². The van der Waals surface area contributed by atoms with Crippen molar-refractivity contribution < 1.29 is 19.2 Å². The van der Waals surface area contributed by atoms with Crippen molar-refractivity contribution in [2.24, 2.45) is 0 Å². The molecule has 0 amide bonds. The zero-order chi connectivity index (χ0) is 23.9. The lowest BCUT2D eigenvalue weighted by molar-refractivity contribution is -0.136. The Morgan fingerprint density at radius 2 is 1.88 bits per heavy atom. The van der Waals surface area contributed by atoms with E-state index in [1.54, 1.807) is 6.07 Å². The molecular weight excluding hydrogens is 450 g/mol. The second-order valence-electron chi connectivity index (χ2n) is 8.37. The highest BCUT2D eigenvalue weighted by atomic mass is 35.5. The molecular formula is C28H28ClNO4. The number of fused-ring (bicyclic) bond motifs is 1. The molecule has 0 saturated heterocycles. The van der Waals surface area contributed by atoms with E-state index in [9.17, 15) is 4.79 Å². The number of carboxylic acids is 1. The predicted octanol–water partition coefficient (Wildman–Crippen LogP) is 7.13. The zero-order valence-electron chi connectivity index (χ0n) is 19.2. The minimum absolute atomic E-state index is 0.0176. The summed E-state index contributed by atoms with van der Waals surface area (Å²) < 4.78 is 11.9. The van der Waals surface area contributed by atoms with Crippen LogP contribution in [0.15, 0.2) is 65.2 Å². The number of unbranched alkanes of at least 4 members (excludes halogenated alkanes) is 1. The lowest BCUT2D eigenvalue weighted by Crippen LogP contribution is -2.02. The van der Waals surface area contributed by atoms with Gasteiger partial charge in [0, 0.05) is 16.1 Å². The summed E-state index contributed by atoms with van der Waals surface area (Å²) >= 11 is 6.34. The third-order valence-corrected chi connectivity index (χ3v) is 6.17. The number of aromatic nitrogens is 1. The van der Waals surface area contributed by atoms with Gasteiger partial charge in [0.05, 0.1) is 18.4 Å². The van der Waals surface area contributed by atoms with E-state index in [0.717, 1.165) is 71.2 Å². The van der Waals surface area contributed by atoms with Crippen molar-refractivity contribution in [2.75, 3.05) is 6.61 Å². The van der Waals surface area contributed by atoms with E-state index in [1.807, 2.05) is 54.6 Å². The maximum absolute atomic E-state index is 10.9. The Morgan fingerprint density at radius 3 is 2.62 bits per heavy atom. The van der Waals surface area contributed by atoms with E-state index in [0.29, 0.717) is 17.2 Å². The minimum Gasteiger partial charge on any atom is -0.493 e. The molecule has 0 fully saturated rings. The quantitative estimate of drug-likeness (QED) is 0.232. The Balaban J connectivity index is 1.39. The summed E-state index contributed by atoms with van der Waals surface area (Å²) in [6, 6.07) is 19.6. The van der Waals surface area contributed by atoms with Crippen LogP contribution in [0.2, 0.25) is 5.02 Å². The van der Waals surface area contributed by atoms with Crippen LogP contribution in [0.3, 0.4) is 0 Å². The molecule has 5 nitrogen and oxygen atoms in total. The number of rotatable bonds is 11. The third kappa shape index (κ3) is 5.60. The highest BCUT2D eigenvalue weighted by Gasteiger charge is 2.17. The summed E-state index contributed by atoms with van der Waals surface area (Å²) in [4.78, 5) is 10.9. The normalized spacial score (nSPS) is 11.1. The van der Waals surface area contributed by atoms with Gasteiger partial charge in [-0.15, -0.1) is 0 Å². The first-order chi connectivity index (χ1) is 16.6. The van der Waals surface area contributed by atoms with Crippen LogP contribution in [0.5, 0.6) is 5.75 Å². The molecule has 1 aromatic heterocycles. The summed E-state index contributed by atoms with van der Waals surface area (Å²) in [5.41, 5.74) is 5.49. The molecule has 0 atom stereocenters. The fourth-order valence-electron chi connectivity index (χ4n) is 4.14. The molecule has 0 aliphatic heterocycles. The zero-order valence-corrected chi connectivity index (χ0v) is 20.0. The number of benzene rings is 3. The lowest BCUT2D eigenvalue weighted by atomic mass is 10.0. The highest BCUT2D eigenvalue weighted by Crippen LogP contribution is 2.35. The first-order valence-electron chi connectivity index (χ1n) is 11.7. The summed E-state index contributed by atoms with van der Waals surface area (Å²) in [7, 11) is 0. The number of carboxylic acid groups (broad SMARTS) is 1. The lowest BCUT2D eigenvalue weighted by Gasteiger charge is -2.12.